The molecule has 22 heavy (non-hydrogen) atoms. The molecule has 2 aromatic rings. The van der Waals surface area contributed by atoms with E-state index in [1.807, 2.05) is 13.0 Å². The SMILES string of the molecule is C/C=C\C=C/C1=CB2Nc3ccc(Br)cc3-c3cccc1c32. The Hall–Kier alpha value is -2.00. The highest BCUT2D eigenvalue weighted by atomic mass is 79.9. The molecule has 1 N–H and O–H groups in total. The molecule has 0 bridgehead atoms. The van der Waals surface area contributed by atoms with Gasteiger partial charge in [-0.25, -0.2) is 0 Å². The van der Waals surface area contributed by atoms with E-state index in [0.29, 0.717) is 0 Å². The second kappa shape index (κ2) is 5.33. The van der Waals surface area contributed by atoms with Crippen molar-refractivity contribution in [2.45, 2.75) is 6.92 Å². The van der Waals surface area contributed by atoms with Gasteiger partial charge >= 0.3 is 6.85 Å². The van der Waals surface area contributed by atoms with Crippen LogP contribution in [0.25, 0.3) is 16.7 Å². The summed E-state index contributed by atoms with van der Waals surface area (Å²) in [6.45, 7) is 2.30. The third kappa shape index (κ3) is 2.08. The molecular weight excluding hydrogens is 333 g/mol. The van der Waals surface area contributed by atoms with Gasteiger partial charge in [0.15, 0.2) is 0 Å². The molecule has 0 radical (unpaired) electrons. The van der Waals surface area contributed by atoms with Crippen molar-refractivity contribution in [3.63, 3.8) is 0 Å². The average Bonchev–Trinajstić information content (AvgIpc) is 2.88. The van der Waals surface area contributed by atoms with Crippen LogP contribution in [0, 0.1) is 0 Å². The first-order valence-corrected chi connectivity index (χ1v) is 8.28. The molecule has 1 nitrogen and oxygen atoms in total. The van der Waals surface area contributed by atoms with Gasteiger partial charge in [0, 0.05) is 15.7 Å². The smallest absolute Gasteiger partial charge is 0.315 e. The van der Waals surface area contributed by atoms with Crippen molar-refractivity contribution < 1.29 is 0 Å². The monoisotopic (exact) mass is 347 g/mol. The molecule has 106 valence electrons. The molecule has 0 unspecified atom stereocenters. The number of anilines is 1. The minimum atomic E-state index is 0.269. The lowest BCUT2D eigenvalue weighted by Crippen LogP contribution is -2.40. The molecule has 4 rings (SSSR count). The molecule has 2 aliphatic rings. The summed E-state index contributed by atoms with van der Waals surface area (Å²) in [7, 11) is 0. The molecular formula is C19H15BBrN. The lowest BCUT2D eigenvalue weighted by Gasteiger charge is -2.25. The van der Waals surface area contributed by atoms with Gasteiger partial charge in [0.05, 0.1) is 0 Å². The number of allylic oxidation sites excluding steroid dienone is 5. The first-order valence-electron chi connectivity index (χ1n) is 7.49. The zero-order chi connectivity index (χ0) is 15.1. The van der Waals surface area contributed by atoms with E-state index in [2.05, 4.69) is 81.8 Å². The summed E-state index contributed by atoms with van der Waals surface area (Å²) in [6, 6.07) is 13.0. The molecule has 0 aliphatic carbocycles. The Morgan fingerprint density at radius 1 is 1.05 bits per heavy atom. The van der Waals surface area contributed by atoms with Gasteiger partial charge in [0.25, 0.3) is 0 Å². The molecule has 0 fully saturated rings. The van der Waals surface area contributed by atoms with Crippen LogP contribution in [0.4, 0.5) is 5.69 Å². The summed E-state index contributed by atoms with van der Waals surface area (Å²) in [5, 5.41) is 3.65. The van der Waals surface area contributed by atoms with Crippen LogP contribution < -0.4 is 10.7 Å². The Balaban J connectivity index is 1.88. The number of benzene rings is 2. The van der Waals surface area contributed by atoms with E-state index >= 15 is 0 Å². The standard InChI is InChI=1S/C19H15BBrN/c1-2-3-4-6-13-12-20-19-15(13)7-5-8-16(19)17-11-14(21)9-10-18(17)22-20/h2-12,22H,1H3/b3-2-,6-4-. The van der Waals surface area contributed by atoms with Gasteiger partial charge < -0.3 is 5.23 Å². The lowest BCUT2D eigenvalue weighted by atomic mass is 9.54. The Kier molecular flexibility index (Phi) is 3.31. The number of rotatable bonds is 2. The summed E-state index contributed by atoms with van der Waals surface area (Å²) in [6.07, 6.45) is 8.41. The van der Waals surface area contributed by atoms with Crippen LogP contribution in [0.15, 0.2) is 71.2 Å². The largest absolute Gasteiger partial charge is 0.420 e. The predicted molar refractivity (Wildman–Crippen MR) is 101 cm³/mol. The second-order valence-electron chi connectivity index (χ2n) is 5.59. The van der Waals surface area contributed by atoms with Crippen LogP contribution in [-0.4, -0.2) is 6.85 Å². The quantitative estimate of drug-likeness (QED) is 0.607. The van der Waals surface area contributed by atoms with E-state index in [0.717, 1.165) is 4.47 Å². The van der Waals surface area contributed by atoms with Gasteiger partial charge in [0.2, 0.25) is 0 Å². The Bertz CT molecular complexity index is 849. The van der Waals surface area contributed by atoms with Crippen LogP contribution in [0.3, 0.4) is 0 Å². The van der Waals surface area contributed by atoms with Gasteiger partial charge in [-0.2, -0.15) is 0 Å². The minimum Gasteiger partial charge on any atom is -0.420 e. The van der Waals surface area contributed by atoms with E-state index in [-0.39, 0.29) is 6.85 Å². The van der Waals surface area contributed by atoms with E-state index in [1.54, 1.807) is 0 Å². The highest BCUT2D eigenvalue weighted by Crippen LogP contribution is 2.37. The summed E-state index contributed by atoms with van der Waals surface area (Å²) in [5.41, 5.74) is 7.83. The second-order valence-corrected chi connectivity index (χ2v) is 6.50. The highest BCUT2D eigenvalue weighted by molar-refractivity contribution is 9.10. The van der Waals surface area contributed by atoms with Gasteiger partial charge in [-0.3, -0.25) is 0 Å². The number of fused-ring (bicyclic) bond motifs is 2. The maximum absolute atomic E-state index is 3.65. The molecule has 0 atom stereocenters. The average molecular weight is 348 g/mol. The van der Waals surface area contributed by atoms with Gasteiger partial charge in [-0.15, -0.1) is 0 Å². The van der Waals surface area contributed by atoms with E-state index in [1.165, 1.54) is 33.4 Å². The molecule has 2 heterocycles. The molecule has 0 spiro atoms. The Morgan fingerprint density at radius 3 is 2.77 bits per heavy atom. The summed E-state index contributed by atoms with van der Waals surface area (Å²) < 4.78 is 1.11. The third-order valence-electron chi connectivity index (χ3n) is 4.24. The fourth-order valence-corrected chi connectivity index (χ4v) is 3.66. The molecule has 2 aliphatic heterocycles. The lowest BCUT2D eigenvalue weighted by molar-refractivity contribution is 1.56. The van der Waals surface area contributed by atoms with Crippen LogP contribution in [0.2, 0.25) is 0 Å². The first-order chi connectivity index (χ1) is 10.8. The zero-order valence-corrected chi connectivity index (χ0v) is 13.9. The Morgan fingerprint density at radius 2 is 1.91 bits per heavy atom. The fourth-order valence-electron chi connectivity index (χ4n) is 3.30. The summed E-state index contributed by atoms with van der Waals surface area (Å²) >= 11 is 3.59. The van der Waals surface area contributed by atoms with Crippen LogP contribution in [0.5, 0.6) is 0 Å². The van der Waals surface area contributed by atoms with E-state index in [4.69, 9.17) is 0 Å². The normalized spacial score (nSPS) is 15.0. The predicted octanol–water partition coefficient (Wildman–Crippen LogP) is 4.81. The van der Waals surface area contributed by atoms with Crippen molar-refractivity contribution in [3.05, 3.63) is 76.7 Å². The number of halogens is 1. The van der Waals surface area contributed by atoms with Crippen LogP contribution >= 0.6 is 15.9 Å². The van der Waals surface area contributed by atoms with Crippen LogP contribution in [-0.2, 0) is 0 Å². The van der Waals surface area contributed by atoms with Crippen LogP contribution in [0.1, 0.15) is 12.5 Å². The molecule has 0 amide bonds. The van der Waals surface area contributed by atoms with E-state index < -0.39 is 0 Å². The molecule has 0 aromatic heterocycles. The van der Waals surface area contributed by atoms with Crippen molar-refractivity contribution in [2.24, 2.45) is 0 Å². The molecule has 2 aromatic carbocycles. The fraction of sp³-hybridized carbons (Fsp3) is 0.0526. The maximum atomic E-state index is 3.65. The summed E-state index contributed by atoms with van der Waals surface area (Å²) in [4.78, 5) is 0. The Labute approximate surface area is 139 Å². The van der Waals surface area contributed by atoms with Crippen molar-refractivity contribution in [2.75, 3.05) is 5.23 Å². The third-order valence-corrected chi connectivity index (χ3v) is 4.73. The highest BCUT2D eigenvalue weighted by Gasteiger charge is 2.33. The number of hydrogen-bond donors (Lipinski definition) is 1. The zero-order valence-electron chi connectivity index (χ0n) is 12.3. The van der Waals surface area contributed by atoms with Gasteiger partial charge in [-0.1, -0.05) is 64.4 Å². The first kappa shape index (κ1) is 13.7. The molecule has 0 saturated carbocycles. The van der Waals surface area contributed by atoms with E-state index in [9.17, 15) is 0 Å². The van der Waals surface area contributed by atoms with Crippen molar-refractivity contribution >= 4 is 39.5 Å². The van der Waals surface area contributed by atoms with Crippen molar-refractivity contribution in [3.8, 4) is 11.1 Å². The van der Waals surface area contributed by atoms with Gasteiger partial charge in [0.1, 0.15) is 0 Å². The number of nitrogens with one attached hydrogen (secondary N) is 1. The summed E-state index contributed by atoms with van der Waals surface area (Å²) in [5.74, 6) is 2.32. The maximum Gasteiger partial charge on any atom is 0.315 e. The van der Waals surface area contributed by atoms with Crippen molar-refractivity contribution in [1.82, 2.24) is 0 Å². The topological polar surface area (TPSA) is 12.0 Å². The number of hydrogen-bond acceptors (Lipinski definition) is 1. The molecule has 3 heteroatoms. The molecule has 0 saturated heterocycles. The minimum absolute atomic E-state index is 0.269. The van der Waals surface area contributed by atoms with Crippen molar-refractivity contribution in [1.29, 1.82) is 0 Å². The van der Waals surface area contributed by atoms with Gasteiger partial charge in [-0.05, 0) is 47.3 Å².